The predicted octanol–water partition coefficient (Wildman–Crippen LogP) is 4.53. The molecule has 0 saturated heterocycles. The van der Waals surface area contributed by atoms with Crippen LogP contribution >= 0.6 is 0 Å². The Bertz CT molecular complexity index is 228. The van der Waals surface area contributed by atoms with Crippen LogP contribution in [0.1, 0.15) is 80.1 Å². The van der Waals surface area contributed by atoms with Gasteiger partial charge in [0.2, 0.25) is 5.91 Å². The van der Waals surface area contributed by atoms with E-state index in [1.54, 1.807) is 0 Å². The molecule has 0 aromatic carbocycles. The minimum atomic E-state index is 0.215. The summed E-state index contributed by atoms with van der Waals surface area (Å²) in [6, 6.07) is 0.290. The first-order valence-corrected chi connectivity index (χ1v) is 7.52. The second kappa shape index (κ2) is 8.55. The molecule has 0 aliphatic carbocycles. The molecule has 1 atom stereocenters. The molecule has 0 aliphatic rings. The molecule has 0 aromatic rings. The number of unbranched alkanes of at least 4 members (excludes halogenated alkanes) is 3. The van der Waals surface area contributed by atoms with E-state index in [2.05, 4.69) is 46.9 Å². The van der Waals surface area contributed by atoms with Crippen LogP contribution in [-0.2, 0) is 4.79 Å². The molecule has 0 saturated carbocycles. The van der Waals surface area contributed by atoms with Crippen molar-refractivity contribution in [2.24, 2.45) is 11.3 Å². The van der Waals surface area contributed by atoms with E-state index < -0.39 is 0 Å². The van der Waals surface area contributed by atoms with E-state index in [4.69, 9.17) is 0 Å². The van der Waals surface area contributed by atoms with Crippen molar-refractivity contribution < 1.29 is 4.79 Å². The van der Waals surface area contributed by atoms with E-state index in [1.165, 1.54) is 25.7 Å². The summed E-state index contributed by atoms with van der Waals surface area (Å²) in [5.41, 5.74) is 0.448. The minimum Gasteiger partial charge on any atom is -0.353 e. The van der Waals surface area contributed by atoms with E-state index in [1.807, 2.05) is 0 Å². The van der Waals surface area contributed by atoms with Crippen LogP contribution in [0.5, 0.6) is 0 Å². The Morgan fingerprint density at radius 3 is 2.06 bits per heavy atom. The van der Waals surface area contributed by atoms with Crippen LogP contribution < -0.4 is 5.32 Å². The van der Waals surface area contributed by atoms with Gasteiger partial charge in [0, 0.05) is 12.5 Å². The predicted molar refractivity (Wildman–Crippen MR) is 79.6 cm³/mol. The number of carbonyl (C=O) groups is 1. The maximum atomic E-state index is 11.6. The van der Waals surface area contributed by atoms with Crippen LogP contribution in [0.3, 0.4) is 0 Å². The Balaban J connectivity index is 3.47. The fourth-order valence-electron chi connectivity index (χ4n) is 1.79. The molecule has 1 amide bonds. The highest BCUT2D eigenvalue weighted by Gasteiger charge is 2.11. The molecule has 0 fully saturated rings. The van der Waals surface area contributed by atoms with Gasteiger partial charge in [-0.25, -0.2) is 0 Å². The van der Waals surface area contributed by atoms with Crippen LogP contribution in [-0.4, -0.2) is 11.9 Å². The molecule has 18 heavy (non-hydrogen) atoms. The topological polar surface area (TPSA) is 29.1 Å². The minimum absolute atomic E-state index is 0.215. The molecule has 108 valence electrons. The van der Waals surface area contributed by atoms with E-state index in [0.717, 1.165) is 6.42 Å². The second-order valence-corrected chi connectivity index (χ2v) is 7.08. The first-order chi connectivity index (χ1) is 8.22. The summed E-state index contributed by atoms with van der Waals surface area (Å²) in [6.45, 7) is 13.2. The number of nitrogens with one attached hydrogen (secondary N) is 1. The Labute approximate surface area is 114 Å². The number of hydrogen-bond donors (Lipinski definition) is 1. The summed E-state index contributed by atoms with van der Waals surface area (Å²) in [4.78, 5) is 11.6. The average molecular weight is 255 g/mol. The normalized spacial score (nSPS) is 13.7. The maximum Gasteiger partial charge on any atom is 0.220 e. The summed E-state index contributed by atoms with van der Waals surface area (Å²) in [5, 5.41) is 3.06. The molecule has 0 aromatic heterocycles. The maximum absolute atomic E-state index is 11.6. The number of rotatable bonds is 8. The monoisotopic (exact) mass is 255 g/mol. The van der Waals surface area contributed by atoms with Crippen molar-refractivity contribution in [2.45, 2.75) is 86.1 Å². The fraction of sp³-hybridized carbons (Fsp3) is 0.938. The molecule has 0 aliphatic heterocycles. The summed E-state index contributed by atoms with van der Waals surface area (Å²) in [7, 11) is 0. The molecular weight excluding hydrogens is 222 g/mol. The number of amides is 1. The number of hydrogen-bond acceptors (Lipinski definition) is 1. The van der Waals surface area contributed by atoms with Gasteiger partial charge in [-0.2, -0.15) is 0 Å². The van der Waals surface area contributed by atoms with Crippen LogP contribution in [0, 0.1) is 11.3 Å². The molecule has 0 rings (SSSR count). The lowest BCUT2D eigenvalue weighted by Crippen LogP contribution is -2.35. The Morgan fingerprint density at radius 2 is 1.56 bits per heavy atom. The summed E-state index contributed by atoms with van der Waals surface area (Å²) < 4.78 is 0. The van der Waals surface area contributed by atoms with Crippen molar-refractivity contribution in [3.63, 3.8) is 0 Å². The molecule has 0 unspecified atom stereocenters. The van der Waals surface area contributed by atoms with Gasteiger partial charge >= 0.3 is 0 Å². The van der Waals surface area contributed by atoms with Crippen molar-refractivity contribution in [2.75, 3.05) is 0 Å². The standard InChI is InChI=1S/C16H33NO/c1-13(2)14(3)17-15(18)11-9-7-8-10-12-16(4,5)6/h13-14H,7-12H2,1-6H3,(H,17,18)/t14-/m0/s1. The number of carbonyl (C=O) groups excluding carboxylic acids is 1. The highest BCUT2D eigenvalue weighted by atomic mass is 16.1. The Kier molecular flexibility index (Phi) is 8.30. The Hall–Kier alpha value is -0.530. The van der Waals surface area contributed by atoms with Crippen molar-refractivity contribution in [3.8, 4) is 0 Å². The van der Waals surface area contributed by atoms with E-state index >= 15 is 0 Å². The van der Waals surface area contributed by atoms with Crippen molar-refractivity contribution in [1.82, 2.24) is 5.32 Å². The third kappa shape index (κ3) is 10.6. The average Bonchev–Trinajstić information content (AvgIpc) is 2.21. The van der Waals surface area contributed by atoms with Gasteiger partial charge in [-0.1, -0.05) is 53.9 Å². The highest BCUT2D eigenvalue weighted by molar-refractivity contribution is 5.76. The third-order valence-electron chi connectivity index (χ3n) is 3.47. The van der Waals surface area contributed by atoms with Crippen LogP contribution in [0.15, 0.2) is 0 Å². The zero-order valence-electron chi connectivity index (χ0n) is 13.3. The van der Waals surface area contributed by atoms with Gasteiger partial charge in [-0.3, -0.25) is 4.79 Å². The first kappa shape index (κ1) is 17.5. The van der Waals surface area contributed by atoms with Gasteiger partial charge in [0.15, 0.2) is 0 Å². The zero-order chi connectivity index (χ0) is 14.2. The first-order valence-electron chi connectivity index (χ1n) is 7.52. The molecule has 0 spiro atoms. The summed E-state index contributed by atoms with van der Waals surface area (Å²) in [6.07, 6.45) is 6.72. The Morgan fingerprint density at radius 1 is 1.00 bits per heavy atom. The molecule has 1 N–H and O–H groups in total. The molecule has 0 radical (unpaired) electrons. The second-order valence-electron chi connectivity index (χ2n) is 7.08. The molecular formula is C16H33NO. The van der Waals surface area contributed by atoms with Crippen LogP contribution in [0.2, 0.25) is 0 Å². The quantitative estimate of drug-likeness (QED) is 0.634. The summed E-state index contributed by atoms with van der Waals surface area (Å²) >= 11 is 0. The lowest BCUT2D eigenvalue weighted by molar-refractivity contribution is -0.122. The highest BCUT2D eigenvalue weighted by Crippen LogP contribution is 2.22. The van der Waals surface area contributed by atoms with Crippen molar-refractivity contribution in [3.05, 3.63) is 0 Å². The van der Waals surface area contributed by atoms with Gasteiger partial charge in [-0.05, 0) is 31.1 Å². The van der Waals surface area contributed by atoms with Crippen molar-refractivity contribution in [1.29, 1.82) is 0 Å². The molecule has 0 heterocycles. The lowest BCUT2D eigenvalue weighted by Gasteiger charge is -2.18. The molecule has 0 bridgehead atoms. The largest absolute Gasteiger partial charge is 0.353 e. The van der Waals surface area contributed by atoms with Gasteiger partial charge in [0.25, 0.3) is 0 Å². The van der Waals surface area contributed by atoms with Crippen LogP contribution in [0.4, 0.5) is 0 Å². The summed E-state index contributed by atoms with van der Waals surface area (Å²) in [5.74, 6) is 0.729. The van der Waals surface area contributed by atoms with Gasteiger partial charge in [0.05, 0.1) is 0 Å². The molecule has 2 heteroatoms. The van der Waals surface area contributed by atoms with E-state index in [9.17, 15) is 4.79 Å². The fourth-order valence-corrected chi connectivity index (χ4v) is 1.79. The van der Waals surface area contributed by atoms with E-state index in [0.29, 0.717) is 23.8 Å². The van der Waals surface area contributed by atoms with Gasteiger partial charge in [-0.15, -0.1) is 0 Å². The smallest absolute Gasteiger partial charge is 0.220 e. The van der Waals surface area contributed by atoms with Crippen LogP contribution in [0.25, 0.3) is 0 Å². The lowest BCUT2D eigenvalue weighted by atomic mass is 9.89. The van der Waals surface area contributed by atoms with Gasteiger partial charge in [0.1, 0.15) is 0 Å². The third-order valence-corrected chi connectivity index (χ3v) is 3.47. The van der Waals surface area contributed by atoms with Crippen molar-refractivity contribution >= 4 is 5.91 Å². The van der Waals surface area contributed by atoms with E-state index in [-0.39, 0.29) is 5.91 Å². The zero-order valence-corrected chi connectivity index (χ0v) is 13.3. The molecule has 2 nitrogen and oxygen atoms in total. The SMILES string of the molecule is CC(C)[C@H](C)NC(=O)CCCCCCC(C)(C)C. The van der Waals surface area contributed by atoms with Gasteiger partial charge < -0.3 is 5.32 Å².